The zero-order valence-electron chi connectivity index (χ0n) is 12.8. The Morgan fingerprint density at radius 3 is 2.62 bits per heavy atom. The van der Waals surface area contributed by atoms with E-state index >= 15 is 0 Å². The van der Waals surface area contributed by atoms with Crippen LogP contribution >= 0.6 is 0 Å². The number of unbranched alkanes of at least 4 members (excludes halogenated alkanes) is 1. The monoisotopic (exact) mass is 293 g/mol. The number of rotatable bonds is 8. The third kappa shape index (κ3) is 5.06. The fourth-order valence-electron chi connectivity index (χ4n) is 2.10. The number of carbonyl (C=O) groups excluding carboxylic acids is 1. The van der Waals surface area contributed by atoms with Gasteiger partial charge in [-0.1, -0.05) is 32.8 Å². The largest absolute Gasteiger partial charge is 0.383 e. The Bertz CT molecular complexity index is 501. The van der Waals surface area contributed by atoms with Crippen LogP contribution in [-0.4, -0.2) is 24.4 Å². The molecule has 21 heavy (non-hydrogen) atoms. The first kappa shape index (κ1) is 16.9. The van der Waals surface area contributed by atoms with Crippen molar-refractivity contribution in [1.82, 2.24) is 5.32 Å². The summed E-state index contributed by atoms with van der Waals surface area (Å²) in [5.41, 5.74) is 0.253. The van der Waals surface area contributed by atoms with E-state index in [0.29, 0.717) is 18.2 Å². The molecule has 2 N–H and O–H groups in total. The van der Waals surface area contributed by atoms with Gasteiger partial charge in [0.1, 0.15) is 11.3 Å². The third-order valence-electron chi connectivity index (χ3n) is 3.23. The number of nitrogens with zero attached hydrogens (tertiary/aromatic N) is 1. The summed E-state index contributed by atoms with van der Waals surface area (Å²) in [5, 5.41) is 16.6. The summed E-state index contributed by atoms with van der Waals surface area (Å²) in [6.07, 6.45) is 3.03. The second-order valence-electron chi connectivity index (χ2n) is 5.35. The van der Waals surface area contributed by atoms with Crippen LogP contribution in [0.1, 0.15) is 43.5 Å². The van der Waals surface area contributed by atoms with Crippen molar-refractivity contribution in [3.63, 3.8) is 0 Å². The van der Waals surface area contributed by atoms with Crippen molar-refractivity contribution < 1.29 is 9.72 Å². The Kier molecular flexibility index (Phi) is 6.65. The van der Waals surface area contributed by atoms with Crippen molar-refractivity contribution in [2.24, 2.45) is 5.92 Å². The molecule has 1 aromatic rings. The maximum Gasteiger partial charge on any atom is 0.305 e. The van der Waals surface area contributed by atoms with E-state index in [0.717, 1.165) is 19.3 Å². The molecule has 0 unspecified atom stereocenters. The highest BCUT2D eigenvalue weighted by Gasteiger charge is 2.23. The van der Waals surface area contributed by atoms with E-state index < -0.39 is 10.8 Å². The molecule has 0 heterocycles. The van der Waals surface area contributed by atoms with Crippen molar-refractivity contribution in [2.75, 3.05) is 18.9 Å². The van der Waals surface area contributed by atoms with Crippen LogP contribution in [0, 0.1) is 16.0 Å². The molecule has 0 aromatic heterocycles. The number of anilines is 1. The van der Waals surface area contributed by atoms with Gasteiger partial charge < -0.3 is 10.6 Å². The summed E-state index contributed by atoms with van der Waals surface area (Å²) in [7, 11) is 1.59. The van der Waals surface area contributed by atoms with Gasteiger partial charge in [0.25, 0.3) is 5.91 Å². The summed E-state index contributed by atoms with van der Waals surface area (Å²) in [6, 6.07) is 4.69. The molecule has 1 rings (SSSR count). The summed E-state index contributed by atoms with van der Waals surface area (Å²) in [4.78, 5) is 22.7. The summed E-state index contributed by atoms with van der Waals surface area (Å²) >= 11 is 0. The molecule has 0 aliphatic carbocycles. The van der Waals surface area contributed by atoms with Crippen LogP contribution < -0.4 is 10.6 Å². The summed E-state index contributed by atoms with van der Waals surface area (Å²) in [5.74, 6) is 0.248. The molecule has 116 valence electrons. The minimum absolute atomic E-state index is 0.0932. The van der Waals surface area contributed by atoms with Crippen molar-refractivity contribution in [3.8, 4) is 0 Å². The van der Waals surface area contributed by atoms with E-state index in [1.54, 1.807) is 19.2 Å². The lowest BCUT2D eigenvalue weighted by Gasteiger charge is -2.09. The van der Waals surface area contributed by atoms with Gasteiger partial charge in [0.15, 0.2) is 0 Å². The number of hydrogen-bond donors (Lipinski definition) is 2. The van der Waals surface area contributed by atoms with Crippen molar-refractivity contribution in [1.29, 1.82) is 0 Å². The predicted octanol–water partition coefficient (Wildman–Crippen LogP) is 3.19. The van der Waals surface area contributed by atoms with Gasteiger partial charge >= 0.3 is 5.69 Å². The molecule has 0 aliphatic rings. The molecule has 6 heteroatoms. The highest BCUT2D eigenvalue weighted by atomic mass is 16.6. The minimum Gasteiger partial charge on any atom is -0.383 e. The Hall–Kier alpha value is -2.11. The number of nitrogens with one attached hydrogen (secondary N) is 2. The van der Waals surface area contributed by atoms with Crippen LogP contribution in [0.15, 0.2) is 18.2 Å². The molecule has 0 spiro atoms. The van der Waals surface area contributed by atoms with Crippen LogP contribution in [0.2, 0.25) is 0 Å². The molecule has 0 aliphatic heterocycles. The fraction of sp³-hybridized carbons (Fsp3) is 0.533. The third-order valence-corrected chi connectivity index (χ3v) is 3.23. The standard InChI is InChI=1S/C15H23N3O3/c1-11(2)7-4-5-10-17-15(19)12-8-6-9-13(16-3)14(12)18(20)21/h6,8-9,11,16H,4-5,7,10H2,1-3H3,(H,17,19). The van der Waals surface area contributed by atoms with Crippen LogP contribution in [0.5, 0.6) is 0 Å². The molecule has 0 bridgehead atoms. The van der Waals surface area contributed by atoms with E-state index in [4.69, 9.17) is 0 Å². The zero-order chi connectivity index (χ0) is 15.8. The first-order valence-electron chi connectivity index (χ1n) is 7.20. The molecule has 0 saturated carbocycles. The Morgan fingerprint density at radius 1 is 1.33 bits per heavy atom. The van der Waals surface area contributed by atoms with Gasteiger partial charge in [-0.3, -0.25) is 14.9 Å². The van der Waals surface area contributed by atoms with Gasteiger partial charge in [-0.25, -0.2) is 0 Å². The zero-order valence-corrected chi connectivity index (χ0v) is 12.8. The molecular formula is C15H23N3O3. The molecule has 0 saturated heterocycles. The fourth-order valence-corrected chi connectivity index (χ4v) is 2.10. The minimum atomic E-state index is -0.528. The molecular weight excluding hydrogens is 270 g/mol. The Morgan fingerprint density at radius 2 is 2.05 bits per heavy atom. The van der Waals surface area contributed by atoms with Gasteiger partial charge in [-0.15, -0.1) is 0 Å². The van der Waals surface area contributed by atoms with Gasteiger partial charge in [0, 0.05) is 13.6 Å². The summed E-state index contributed by atoms with van der Waals surface area (Å²) < 4.78 is 0. The number of carbonyl (C=O) groups is 1. The SMILES string of the molecule is CNc1cccc(C(=O)NCCCCC(C)C)c1[N+](=O)[O-]. The number of para-hydroxylation sites is 1. The number of amides is 1. The summed E-state index contributed by atoms with van der Waals surface area (Å²) in [6.45, 7) is 4.85. The van der Waals surface area contributed by atoms with E-state index in [1.165, 1.54) is 6.07 Å². The smallest absolute Gasteiger partial charge is 0.305 e. The van der Waals surface area contributed by atoms with E-state index in [1.807, 2.05) is 0 Å². The number of nitro benzene ring substituents is 1. The molecule has 0 radical (unpaired) electrons. The van der Waals surface area contributed by atoms with Crippen LogP contribution in [0.25, 0.3) is 0 Å². The highest BCUT2D eigenvalue weighted by molar-refractivity contribution is 6.00. The van der Waals surface area contributed by atoms with Gasteiger partial charge in [0.2, 0.25) is 0 Å². The average Bonchev–Trinajstić information content (AvgIpc) is 2.45. The molecule has 6 nitrogen and oxygen atoms in total. The van der Waals surface area contributed by atoms with E-state index in [2.05, 4.69) is 24.5 Å². The van der Waals surface area contributed by atoms with Gasteiger partial charge in [-0.05, 0) is 24.5 Å². The van der Waals surface area contributed by atoms with Gasteiger partial charge in [0.05, 0.1) is 4.92 Å². The molecule has 0 fully saturated rings. The van der Waals surface area contributed by atoms with Gasteiger partial charge in [-0.2, -0.15) is 0 Å². The molecule has 1 amide bonds. The number of hydrogen-bond acceptors (Lipinski definition) is 4. The topological polar surface area (TPSA) is 84.3 Å². The predicted molar refractivity (Wildman–Crippen MR) is 83.7 cm³/mol. The van der Waals surface area contributed by atoms with E-state index in [9.17, 15) is 14.9 Å². The molecule has 0 atom stereocenters. The Labute approximate surface area is 125 Å². The lowest BCUT2D eigenvalue weighted by atomic mass is 10.1. The van der Waals surface area contributed by atoms with Crippen molar-refractivity contribution in [3.05, 3.63) is 33.9 Å². The van der Waals surface area contributed by atoms with Crippen LogP contribution in [0.3, 0.4) is 0 Å². The number of nitro groups is 1. The van der Waals surface area contributed by atoms with Crippen LogP contribution in [0.4, 0.5) is 11.4 Å². The highest BCUT2D eigenvalue weighted by Crippen LogP contribution is 2.28. The van der Waals surface area contributed by atoms with E-state index in [-0.39, 0.29) is 11.3 Å². The Balaban J connectivity index is 2.68. The normalized spacial score (nSPS) is 10.5. The number of benzene rings is 1. The first-order valence-corrected chi connectivity index (χ1v) is 7.20. The maximum atomic E-state index is 12.1. The second kappa shape index (κ2) is 8.24. The lowest BCUT2D eigenvalue weighted by molar-refractivity contribution is -0.384. The van der Waals surface area contributed by atoms with Crippen molar-refractivity contribution >= 4 is 17.3 Å². The quantitative estimate of drug-likeness (QED) is 0.438. The van der Waals surface area contributed by atoms with Crippen LogP contribution in [-0.2, 0) is 0 Å². The average molecular weight is 293 g/mol. The first-order chi connectivity index (χ1) is 9.97. The maximum absolute atomic E-state index is 12.1. The molecule has 1 aromatic carbocycles. The van der Waals surface area contributed by atoms with Crippen molar-refractivity contribution in [2.45, 2.75) is 33.1 Å². The second-order valence-corrected chi connectivity index (χ2v) is 5.35. The lowest BCUT2D eigenvalue weighted by Crippen LogP contribution is -2.25.